The molecule has 0 saturated heterocycles. The summed E-state index contributed by atoms with van der Waals surface area (Å²) in [6, 6.07) is 5.93. The van der Waals surface area contributed by atoms with Gasteiger partial charge in [0, 0.05) is 11.0 Å². The molecule has 0 fully saturated rings. The first kappa shape index (κ1) is 13.4. The third-order valence-electron chi connectivity index (χ3n) is 2.45. The van der Waals surface area contributed by atoms with E-state index >= 15 is 0 Å². The van der Waals surface area contributed by atoms with E-state index in [1.54, 1.807) is 0 Å². The lowest BCUT2D eigenvalue weighted by molar-refractivity contribution is -0.133. The molecule has 1 N–H and O–H groups in total. The molecule has 0 spiro atoms. The van der Waals surface area contributed by atoms with Gasteiger partial charge in [-0.2, -0.15) is 0 Å². The Hall–Kier alpha value is -1.01. The van der Waals surface area contributed by atoms with Gasteiger partial charge in [0.05, 0.1) is 16.8 Å². The van der Waals surface area contributed by atoms with Gasteiger partial charge in [0.25, 0.3) is 0 Å². The molecule has 96 valence electrons. The number of carbonyl (C=O) groups is 1. The molecule has 1 heterocycles. The van der Waals surface area contributed by atoms with Crippen LogP contribution in [-0.4, -0.2) is 26.4 Å². The third kappa shape index (κ3) is 2.87. The highest BCUT2D eigenvalue weighted by Crippen LogP contribution is 2.26. The van der Waals surface area contributed by atoms with E-state index in [2.05, 4.69) is 32.4 Å². The highest BCUT2D eigenvalue weighted by Gasteiger charge is 2.12. The number of carboxylic acid groups (broad SMARTS) is 1. The number of thioether (sulfide) groups is 1. The number of fused-ring (bicyclic) bond motifs is 1. The Morgan fingerprint density at radius 1 is 1.56 bits per heavy atom. The Morgan fingerprint density at radius 2 is 2.33 bits per heavy atom. The molecule has 1 aromatic heterocycles. The molecule has 0 aliphatic carbocycles. The summed E-state index contributed by atoms with van der Waals surface area (Å²) in [7, 11) is 0. The SMILES string of the molecule is CCCn1c(SCC(=O)O)nc2cc(Br)ccc21. The molecule has 0 atom stereocenters. The second-order valence-electron chi connectivity index (χ2n) is 3.86. The normalized spacial score (nSPS) is 11.0. The van der Waals surface area contributed by atoms with Crippen LogP contribution in [0.5, 0.6) is 0 Å². The molecule has 0 aliphatic rings. The summed E-state index contributed by atoms with van der Waals surface area (Å²) >= 11 is 4.68. The standard InChI is InChI=1S/C12H13BrN2O2S/c1-2-5-15-10-4-3-8(13)6-9(10)14-12(15)18-7-11(16)17/h3-4,6H,2,5,7H2,1H3,(H,16,17). The van der Waals surface area contributed by atoms with E-state index in [0.717, 1.165) is 33.6 Å². The number of aryl methyl sites for hydroxylation is 1. The van der Waals surface area contributed by atoms with Gasteiger partial charge in [-0.25, -0.2) is 4.98 Å². The summed E-state index contributed by atoms with van der Waals surface area (Å²) in [6.45, 7) is 2.94. The summed E-state index contributed by atoms with van der Waals surface area (Å²) in [6.07, 6.45) is 0.988. The topological polar surface area (TPSA) is 55.1 Å². The van der Waals surface area contributed by atoms with Gasteiger partial charge in [-0.1, -0.05) is 34.6 Å². The average molecular weight is 329 g/mol. The molecule has 2 aromatic rings. The van der Waals surface area contributed by atoms with Crippen LogP contribution in [0, 0.1) is 0 Å². The minimum Gasteiger partial charge on any atom is -0.481 e. The summed E-state index contributed by atoms with van der Waals surface area (Å²) in [5.41, 5.74) is 1.94. The van der Waals surface area contributed by atoms with Crippen molar-refractivity contribution in [3.8, 4) is 0 Å². The van der Waals surface area contributed by atoms with Gasteiger partial charge in [-0.3, -0.25) is 4.79 Å². The Morgan fingerprint density at radius 3 is 3.00 bits per heavy atom. The van der Waals surface area contributed by atoms with Crippen molar-refractivity contribution in [2.75, 3.05) is 5.75 Å². The van der Waals surface area contributed by atoms with Crippen LogP contribution in [0.15, 0.2) is 27.8 Å². The second kappa shape index (κ2) is 5.75. The predicted molar refractivity (Wildman–Crippen MR) is 76.1 cm³/mol. The number of benzene rings is 1. The van der Waals surface area contributed by atoms with E-state index in [0.29, 0.717) is 0 Å². The van der Waals surface area contributed by atoms with Crippen molar-refractivity contribution in [3.63, 3.8) is 0 Å². The van der Waals surface area contributed by atoms with Crippen molar-refractivity contribution in [1.82, 2.24) is 9.55 Å². The quantitative estimate of drug-likeness (QED) is 0.855. The lowest BCUT2D eigenvalue weighted by atomic mass is 10.3. The molecule has 18 heavy (non-hydrogen) atoms. The zero-order valence-corrected chi connectivity index (χ0v) is 12.3. The first-order valence-corrected chi connectivity index (χ1v) is 7.40. The molecule has 0 amide bonds. The monoisotopic (exact) mass is 328 g/mol. The van der Waals surface area contributed by atoms with Gasteiger partial charge < -0.3 is 9.67 Å². The number of nitrogens with zero attached hydrogens (tertiary/aromatic N) is 2. The molecular formula is C12H13BrN2O2S. The fraction of sp³-hybridized carbons (Fsp3) is 0.333. The maximum absolute atomic E-state index is 10.6. The molecule has 4 nitrogen and oxygen atoms in total. The highest BCUT2D eigenvalue weighted by atomic mass is 79.9. The largest absolute Gasteiger partial charge is 0.481 e. The van der Waals surface area contributed by atoms with Crippen LogP contribution >= 0.6 is 27.7 Å². The van der Waals surface area contributed by atoms with E-state index in [4.69, 9.17) is 5.11 Å². The molecule has 2 rings (SSSR count). The Labute approximate surface area is 118 Å². The molecule has 0 bridgehead atoms. The summed E-state index contributed by atoms with van der Waals surface area (Å²) < 4.78 is 3.06. The number of hydrogen-bond acceptors (Lipinski definition) is 3. The fourth-order valence-electron chi connectivity index (χ4n) is 1.76. The molecular weight excluding hydrogens is 316 g/mol. The smallest absolute Gasteiger partial charge is 0.313 e. The third-order valence-corrected chi connectivity index (χ3v) is 3.90. The lowest BCUT2D eigenvalue weighted by Crippen LogP contribution is -2.03. The second-order valence-corrected chi connectivity index (χ2v) is 5.72. The van der Waals surface area contributed by atoms with Crippen molar-refractivity contribution >= 4 is 44.7 Å². The van der Waals surface area contributed by atoms with Gasteiger partial charge in [0.15, 0.2) is 5.16 Å². The molecule has 0 saturated carbocycles. The van der Waals surface area contributed by atoms with Gasteiger partial charge in [-0.15, -0.1) is 0 Å². The van der Waals surface area contributed by atoms with Crippen LogP contribution < -0.4 is 0 Å². The Kier molecular flexibility index (Phi) is 4.29. The maximum Gasteiger partial charge on any atom is 0.313 e. The Bertz CT molecular complexity index is 583. The van der Waals surface area contributed by atoms with E-state index in [-0.39, 0.29) is 5.75 Å². The highest BCUT2D eigenvalue weighted by molar-refractivity contribution is 9.10. The van der Waals surface area contributed by atoms with Crippen LogP contribution in [-0.2, 0) is 11.3 Å². The molecule has 6 heteroatoms. The van der Waals surface area contributed by atoms with E-state index < -0.39 is 5.97 Å². The zero-order chi connectivity index (χ0) is 13.1. The first-order chi connectivity index (χ1) is 8.61. The summed E-state index contributed by atoms with van der Waals surface area (Å²) in [5.74, 6) is -0.787. The van der Waals surface area contributed by atoms with Crippen LogP contribution in [0.2, 0.25) is 0 Å². The van der Waals surface area contributed by atoms with Crippen LogP contribution in [0.25, 0.3) is 11.0 Å². The molecule has 1 aromatic carbocycles. The minimum absolute atomic E-state index is 0.0359. The molecule has 0 aliphatic heterocycles. The average Bonchev–Trinajstić information content (AvgIpc) is 2.64. The number of aliphatic carboxylic acids is 1. The number of halogens is 1. The number of aromatic nitrogens is 2. The van der Waals surface area contributed by atoms with Crippen LogP contribution in [0.3, 0.4) is 0 Å². The van der Waals surface area contributed by atoms with Crippen molar-refractivity contribution < 1.29 is 9.90 Å². The van der Waals surface area contributed by atoms with E-state index in [1.165, 1.54) is 11.8 Å². The van der Waals surface area contributed by atoms with Gasteiger partial charge in [0.1, 0.15) is 0 Å². The lowest BCUT2D eigenvalue weighted by Gasteiger charge is -2.05. The van der Waals surface area contributed by atoms with Crippen molar-refractivity contribution in [2.24, 2.45) is 0 Å². The van der Waals surface area contributed by atoms with E-state index in [1.807, 2.05) is 18.2 Å². The molecule has 0 unspecified atom stereocenters. The van der Waals surface area contributed by atoms with Gasteiger partial charge >= 0.3 is 5.97 Å². The van der Waals surface area contributed by atoms with Gasteiger partial charge in [-0.05, 0) is 24.6 Å². The maximum atomic E-state index is 10.6. The minimum atomic E-state index is -0.823. The van der Waals surface area contributed by atoms with Gasteiger partial charge in [0.2, 0.25) is 0 Å². The van der Waals surface area contributed by atoms with Crippen LogP contribution in [0.1, 0.15) is 13.3 Å². The Balaban J connectivity index is 2.43. The summed E-state index contributed by atoms with van der Waals surface area (Å²) in [4.78, 5) is 15.1. The number of rotatable bonds is 5. The molecule has 0 radical (unpaired) electrons. The first-order valence-electron chi connectivity index (χ1n) is 5.62. The van der Waals surface area contributed by atoms with Crippen molar-refractivity contribution in [1.29, 1.82) is 0 Å². The summed E-state index contributed by atoms with van der Waals surface area (Å²) in [5, 5.41) is 9.52. The van der Waals surface area contributed by atoms with Crippen LogP contribution in [0.4, 0.5) is 0 Å². The number of hydrogen-bond donors (Lipinski definition) is 1. The van der Waals surface area contributed by atoms with Crippen molar-refractivity contribution in [2.45, 2.75) is 25.0 Å². The predicted octanol–water partition coefficient (Wildman–Crippen LogP) is 3.39. The zero-order valence-electron chi connectivity index (χ0n) is 9.89. The fourth-order valence-corrected chi connectivity index (χ4v) is 2.87. The van der Waals surface area contributed by atoms with Crippen molar-refractivity contribution in [3.05, 3.63) is 22.7 Å². The van der Waals surface area contributed by atoms with E-state index in [9.17, 15) is 4.79 Å². The number of carboxylic acids is 1. The number of imidazole rings is 1.